The molecule has 2 heterocycles. The minimum Gasteiger partial charge on any atom is -0.354 e. The Kier molecular flexibility index (Phi) is 6.94. The molecule has 0 saturated carbocycles. The van der Waals surface area contributed by atoms with Gasteiger partial charge in [0, 0.05) is 38.4 Å². The summed E-state index contributed by atoms with van der Waals surface area (Å²) in [6, 6.07) is 12.8. The second-order valence-electron chi connectivity index (χ2n) is 6.97. The predicted molar refractivity (Wildman–Crippen MR) is 109 cm³/mol. The molecule has 3 amide bonds. The molecule has 1 aliphatic heterocycles. The van der Waals surface area contributed by atoms with E-state index in [0.717, 1.165) is 5.56 Å². The number of nitrogens with one attached hydrogen (secondary N) is 2. The molecule has 29 heavy (non-hydrogen) atoms. The van der Waals surface area contributed by atoms with Crippen molar-refractivity contribution in [2.45, 2.75) is 25.8 Å². The van der Waals surface area contributed by atoms with Crippen LogP contribution in [0.15, 0.2) is 54.9 Å². The fraction of sp³-hybridized carbons (Fsp3) is 0.364. The summed E-state index contributed by atoms with van der Waals surface area (Å²) in [6.45, 7) is 3.13. The summed E-state index contributed by atoms with van der Waals surface area (Å²) in [7, 11) is 0. The minimum atomic E-state index is -0.316. The van der Waals surface area contributed by atoms with Gasteiger partial charge in [-0.25, -0.2) is 0 Å². The van der Waals surface area contributed by atoms with Gasteiger partial charge >= 0.3 is 0 Å². The number of likely N-dealkylation sites (tertiary alicyclic amines) is 1. The SMILES string of the molecule is CCN1C(=O)CC[C@@H](C(=O)NCCNC(=O)c2cccnc2)[C@@H]1c1ccccc1. The fourth-order valence-electron chi connectivity index (χ4n) is 3.75. The predicted octanol–water partition coefficient (Wildman–Crippen LogP) is 1.93. The zero-order chi connectivity index (χ0) is 20.6. The summed E-state index contributed by atoms with van der Waals surface area (Å²) in [5.74, 6) is -0.562. The fourth-order valence-corrected chi connectivity index (χ4v) is 3.75. The molecule has 0 radical (unpaired) electrons. The molecule has 152 valence electrons. The molecule has 7 nitrogen and oxygen atoms in total. The molecule has 1 aromatic heterocycles. The third-order valence-electron chi connectivity index (χ3n) is 5.16. The lowest BCUT2D eigenvalue weighted by Gasteiger charge is -2.40. The van der Waals surface area contributed by atoms with Crippen molar-refractivity contribution in [1.82, 2.24) is 20.5 Å². The second kappa shape index (κ2) is 9.82. The first-order valence-corrected chi connectivity index (χ1v) is 9.92. The van der Waals surface area contributed by atoms with Crippen LogP contribution in [0.3, 0.4) is 0 Å². The van der Waals surface area contributed by atoms with Crippen LogP contribution >= 0.6 is 0 Å². The van der Waals surface area contributed by atoms with Gasteiger partial charge in [0.1, 0.15) is 0 Å². The van der Waals surface area contributed by atoms with E-state index in [1.54, 1.807) is 23.2 Å². The molecule has 0 aliphatic carbocycles. The molecule has 3 rings (SSSR count). The van der Waals surface area contributed by atoms with E-state index in [1.165, 1.54) is 6.20 Å². The number of hydrogen-bond acceptors (Lipinski definition) is 4. The number of carbonyl (C=O) groups is 3. The number of carbonyl (C=O) groups excluding carboxylic acids is 3. The quantitative estimate of drug-likeness (QED) is 0.702. The number of aromatic nitrogens is 1. The molecule has 0 bridgehead atoms. The first kappa shape index (κ1) is 20.5. The number of rotatable bonds is 7. The summed E-state index contributed by atoms with van der Waals surface area (Å²) < 4.78 is 0. The van der Waals surface area contributed by atoms with Gasteiger partial charge in [-0.2, -0.15) is 0 Å². The smallest absolute Gasteiger partial charge is 0.252 e. The first-order chi connectivity index (χ1) is 14.1. The number of piperidine rings is 1. The minimum absolute atomic E-state index is 0.0779. The van der Waals surface area contributed by atoms with E-state index in [2.05, 4.69) is 15.6 Å². The zero-order valence-electron chi connectivity index (χ0n) is 16.5. The molecule has 2 N–H and O–H groups in total. The van der Waals surface area contributed by atoms with Crippen molar-refractivity contribution in [2.75, 3.05) is 19.6 Å². The Hall–Kier alpha value is -3.22. The van der Waals surface area contributed by atoms with Crippen LogP contribution in [0.2, 0.25) is 0 Å². The molecule has 1 aromatic carbocycles. The topological polar surface area (TPSA) is 91.4 Å². The summed E-state index contributed by atoms with van der Waals surface area (Å²) in [5, 5.41) is 5.68. The van der Waals surface area contributed by atoms with Gasteiger partial charge in [0.05, 0.1) is 17.5 Å². The third kappa shape index (κ3) is 4.99. The number of hydrogen-bond donors (Lipinski definition) is 2. The monoisotopic (exact) mass is 394 g/mol. The first-order valence-electron chi connectivity index (χ1n) is 9.92. The highest BCUT2D eigenvalue weighted by atomic mass is 16.2. The Labute approximate surface area is 170 Å². The van der Waals surface area contributed by atoms with Crippen LogP contribution in [0.4, 0.5) is 0 Å². The van der Waals surface area contributed by atoms with Gasteiger partial charge < -0.3 is 15.5 Å². The van der Waals surface area contributed by atoms with Gasteiger partial charge in [0.25, 0.3) is 5.91 Å². The number of pyridine rings is 1. The van der Waals surface area contributed by atoms with E-state index in [9.17, 15) is 14.4 Å². The Morgan fingerprint density at radius 2 is 1.86 bits per heavy atom. The highest BCUT2D eigenvalue weighted by Crippen LogP contribution is 2.36. The van der Waals surface area contributed by atoms with Crippen LogP contribution in [0.25, 0.3) is 0 Å². The Morgan fingerprint density at radius 3 is 2.55 bits per heavy atom. The van der Waals surface area contributed by atoms with Crippen molar-refractivity contribution in [3.63, 3.8) is 0 Å². The normalized spacial score (nSPS) is 18.9. The molecular formula is C22H26N4O3. The standard InChI is InChI=1S/C22H26N4O3/c1-2-26-19(27)11-10-18(20(26)16-7-4-3-5-8-16)22(29)25-14-13-24-21(28)17-9-6-12-23-15-17/h3-9,12,15,18,20H,2,10-11,13-14H2,1H3,(H,24,28)(H,25,29)/t18-,20+/m1/s1. The molecular weight excluding hydrogens is 368 g/mol. The van der Waals surface area contributed by atoms with E-state index in [4.69, 9.17) is 0 Å². The van der Waals surface area contributed by atoms with Crippen molar-refractivity contribution in [1.29, 1.82) is 0 Å². The van der Waals surface area contributed by atoms with Gasteiger partial charge in [0.2, 0.25) is 11.8 Å². The van der Waals surface area contributed by atoms with E-state index in [1.807, 2.05) is 37.3 Å². The molecule has 1 saturated heterocycles. The summed E-state index contributed by atoms with van der Waals surface area (Å²) >= 11 is 0. The molecule has 7 heteroatoms. The maximum Gasteiger partial charge on any atom is 0.252 e. The van der Waals surface area contributed by atoms with Crippen LogP contribution < -0.4 is 10.6 Å². The summed E-state index contributed by atoms with van der Waals surface area (Å²) in [5.41, 5.74) is 1.44. The Morgan fingerprint density at radius 1 is 1.10 bits per heavy atom. The number of amides is 3. The van der Waals surface area contributed by atoms with Gasteiger partial charge in [-0.15, -0.1) is 0 Å². The highest BCUT2D eigenvalue weighted by molar-refractivity contribution is 5.93. The average Bonchev–Trinajstić information content (AvgIpc) is 2.77. The lowest BCUT2D eigenvalue weighted by Crippen LogP contribution is -2.48. The van der Waals surface area contributed by atoms with Crippen LogP contribution in [-0.4, -0.2) is 47.2 Å². The maximum atomic E-state index is 12.9. The molecule has 1 aliphatic rings. The number of benzene rings is 1. The lowest BCUT2D eigenvalue weighted by molar-refractivity contribution is -0.143. The largest absolute Gasteiger partial charge is 0.354 e. The van der Waals surface area contributed by atoms with E-state index in [-0.39, 0.29) is 29.7 Å². The molecule has 0 unspecified atom stereocenters. The van der Waals surface area contributed by atoms with E-state index >= 15 is 0 Å². The summed E-state index contributed by atoms with van der Waals surface area (Å²) in [4.78, 5) is 43.0. The Bertz CT molecular complexity index is 842. The van der Waals surface area contributed by atoms with Crippen LogP contribution in [0.1, 0.15) is 41.7 Å². The van der Waals surface area contributed by atoms with Gasteiger partial charge in [-0.3, -0.25) is 19.4 Å². The highest BCUT2D eigenvalue weighted by Gasteiger charge is 2.39. The Balaban J connectivity index is 1.59. The van der Waals surface area contributed by atoms with Crippen LogP contribution in [0.5, 0.6) is 0 Å². The average molecular weight is 394 g/mol. The lowest BCUT2D eigenvalue weighted by atomic mass is 9.83. The van der Waals surface area contributed by atoms with Gasteiger partial charge in [-0.05, 0) is 31.0 Å². The number of nitrogens with zero attached hydrogens (tertiary/aromatic N) is 2. The van der Waals surface area contributed by atoms with Crippen molar-refractivity contribution in [3.8, 4) is 0 Å². The van der Waals surface area contributed by atoms with Crippen molar-refractivity contribution in [2.24, 2.45) is 5.92 Å². The molecule has 2 atom stereocenters. The van der Waals surface area contributed by atoms with Crippen LogP contribution in [-0.2, 0) is 9.59 Å². The molecule has 0 spiro atoms. The third-order valence-corrected chi connectivity index (χ3v) is 5.16. The maximum absolute atomic E-state index is 12.9. The van der Waals surface area contributed by atoms with E-state index in [0.29, 0.717) is 38.0 Å². The second-order valence-corrected chi connectivity index (χ2v) is 6.97. The summed E-state index contributed by atoms with van der Waals surface area (Å²) in [6.07, 6.45) is 3.99. The van der Waals surface area contributed by atoms with E-state index < -0.39 is 0 Å². The van der Waals surface area contributed by atoms with Gasteiger partial charge in [-0.1, -0.05) is 30.3 Å². The molecule has 2 aromatic rings. The van der Waals surface area contributed by atoms with Crippen molar-refractivity contribution < 1.29 is 14.4 Å². The zero-order valence-corrected chi connectivity index (χ0v) is 16.5. The van der Waals surface area contributed by atoms with Crippen molar-refractivity contribution >= 4 is 17.7 Å². The van der Waals surface area contributed by atoms with Crippen LogP contribution in [0, 0.1) is 5.92 Å². The van der Waals surface area contributed by atoms with Gasteiger partial charge in [0.15, 0.2) is 0 Å². The van der Waals surface area contributed by atoms with Crippen molar-refractivity contribution in [3.05, 3.63) is 66.0 Å². The molecule has 1 fully saturated rings.